The zero-order chi connectivity index (χ0) is 13.8. The average Bonchev–Trinajstić information content (AvgIpc) is 2.85. The second-order valence-electron chi connectivity index (χ2n) is 4.88. The molecule has 0 saturated carbocycles. The van der Waals surface area contributed by atoms with Crippen molar-refractivity contribution in [1.29, 1.82) is 0 Å². The third-order valence-electron chi connectivity index (χ3n) is 2.77. The predicted molar refractivity (Wildman–Crippen MR) is 78.6 cm³/mol. The number of rotatable bonds is 4. The molecule has 4 heteroatoms. The SMILES string of the molecule is Cc1cccc(C(=O)NCc2csc(C(C)C)n2)c1. The molecule has 0 radical (unpaired) electrons. The smallest absolute Gasteiger partial charge is 0.251 e. The van der Waals surface area contributed by atoms with Gasteiger partial charge in [0.15, 0.2) is 0 Å². The normalized spacial score (nSPS) is 10.7. The highest BCUT2D eigenvalue weighted by atomic mass is 32.1. The van der Waals surface area contributed by atoms with Gasteiger partial charge in [0.2, 0.25) is 0 Å². The summed E-state index contributed by atoms with van der Waals surface area (Å²) in [5.74, 6) is 0.383. The number of amides is 1. The third-order valence-corrected chi connectivity index (χ3v) is 3.97. The molecule has 0 aliphatic carbocycles. The van der Waals surface area contributed by atoms with Crippen molar-refractivity contribution >= 4 is 17.2 Å². The topological polar surface area (TPSA) is 42.0 Å². The monoisotopic (exact) mass is 274 g/mol. The maximum absolute atomic E-state index is 12.0. The number of aryl methyl sites for hydroxylation is 1. The fraction of sp³-hybridized carbons (Fsp3) is 0.333. The second kappa shape index (κ2) is 5.97. The predicted octanol–water partition coefficient (Wildman–Crippen LogP) is 3.50. The average molecular weight is 274 g/mol. The van der Waals surface area contributed by atoms with Crippen molar-refractivity contribution in [3.63, 3.8) is 0 Å². The first kappa shape index (κ1) is 13.7. The van der Waals surface area contributed by atoms with Crippen molar-refractivity contribution in [3.05, 3.63) is 51.5 Å². The summed E-state index contributed by atoms with van der Waals surface area (Å²) in [5, 5.41) is 6.02. The van der Waals surface area contributed by atoms with E-state index >= 15 is 0 Å². The fourth-order valence-electron chi connectivity index (χ4n) is 1.73. The molecule has 1 heterocycles. The van der Waals surface area contributed by atoms with E-state index in [0.717, 1.165) is 16.3 Å². The lowest BCUT2D eigenvalue weighted by Crippen LogP contribution is -2.23. The molecule has 1 N–H and O–H groups in total. The van der Waals surface area contributed by atoms with E-state index < -0.39 is 0 Å². The zero-order valence-electron chi connectivity index (χ0n) is 11.4. The van der Waals surface area contributed by atoms with Gasteiger partial charge in [-0.1, -0.05) is 31.5 Å². The summed E-state index contributed by atoms with van der Waals surface area (Å²) >= 11 is 1.65. The Bertz CT molecular complexity index is 575. The highest BCUT2D eigenvalue weighted by molar-refractivity contribution is 7.09. The van der Waals surface area contributed by atoms with Crippen LogP contribution in [0.2, 0.25) is 0 Å². The molecule has 0 atom stereocenters. The Balaban J connectivity index is 1.96. The quantitative estimate of drug-likeness (QED) is 0.927. The largest absolute Gasteiger partial charge is 0.346 e. The van der Waals surface area contributed by atoms with Crippen LogP contribution in [0.15, 0.2) is 29.6 Å². The van der Waals surface area contributed by atoms with Gasteiger partial charge in [-0.3, -0.25) is 4.79 Å². The number of benzene rings is 1. The van der Waals surface area contributed by atoms with Crippen LogP contribution in [0.1, 0.15) is 46.4 Å². The van der Waals surface area contributed by atoms with E-state index in [0.29, 0.717) is 18.0 Å². The maximum atomic E-state index is 12.0. The van der Waals surface area contributed by atoms with Gasteiger partial charge >= 0.3 is 0 Å². The summed E-state index contributed by atoms with van der Waals surface area (Å²) in [6.07, 6.45) is 0. The summed E-state index contributed by atoms with van der Waals surface area (Å²) in [5.41, 5.74) is 2.71. The Hall–Kier alpha value is -1.68. The highest BCUT2D eigenvalue weighted by Gasteiger charge is 2.08. The Morgan fingerprint density at radius 1 is 1.42 bits per heavy atom. The molecule has 0 unspecified atom stereocenters. The van der Waals surface area contributed by atoms with Crippen molar-refractivity contribution in [2.24, 2.45) is 0 Å². The number of nitrogens with one attached hydrogen (secondary N) is 1. The van der Waals surface area contributed by atoms with Gasteiger partial charge in [-0.2, -0.15) is 0 Å². The number of thiazole rings is 1. The summed E-state index contributed by atoms with van der Waals surface area (Å²) in [4.78, 5) is 16.5. The molecule has 0 fully saturated rings. The Morgan fingerprint density at radius 3 is 2.84 bits per heavy atom. The van der Waals surface area contributed by atoms with Crippen molar-refractivity contribution in [3.8, 4) is 0 Å². The molecule has 3 nitrogen and oxygen atoms in total. The molecule has 1 aromatic heterocycles. The van der Waals surface area contributed by atoms with Gasteiger partial charge in [0.25, 0.3) is 5.91 Å². The van der Waals surface area contributed by atoms with Crippen LogP contribution in [0.5, 0.6) is 0 Å². The molecule has 2 aromatic rings. The molecule has 0 aliphatic rings. The van der Waals surface area contributed by atoms with E-state index in [1.807, 2.05) is 36.6 Å². The molecular weight excluding hydrogens is 256 g/mol. The minimum Gasteiger partial charge on any atom is -0.346 e. The number of hydrogen-bond acceptors (Lipinski definition) is 3. The highest BCUT2D eigenvalue weighted by Crippen LogP contribution is 2.19. The molecule has 2 rings (SSSR count). The van der Waals surface area contributed by atoms with Gasteiger partial charge in [0.1, 0.15) is 0 Å². The number of carbonyl (C=O) groups is 1. The van der Waals surface area contributed by atoms with E-state index in [1.165, 1.54) is 0 Å². The molecule has 1 aromatic carbocycles. The van der Waals surface area contributed by atoms with Crippen LogP contribution in [0.25, 0.3) is 0 Å². The van der Waals surface area contributed by atoms with Gasteiger partial charge in [-0.05, 0) is 19.1 Å². The van der Waals surface area contributed by atoms with Crippen LogP contribution in [-0.4, -0.2) is 10.9 Å². The van der Waals surface area contributed by atoms with Crippen LogP contribution in [0.3, 0.4) is 0 Å². The van der Waals surface area contributed by atoms with Crippen LogP contribution in [-0.2, 0) is 6.54 Å². The Morgan fingerprint density at radius 2 is 2.21 bits per heavy atom. The summed E-state index contributed by atoms with van der Waals surface area (Å²) in [7, 11) is 0. The standard InChI is InChI=1S/C15H18N2OS/c1-10(2)15-17-13(9-19-15)8-16-14(18)12-6-4-5-11(3)7-12/h4-7,9-10H,8H2,1-3H3,(H,16,18). The number of hydrogen-bond donors (Lipinski definition) is 1. The van der Waals surface area contributed by atoms with Crippen LogP contribution >= 0.6 is 11.3 Å². The van der Waals surface area contributed by atoms with Crippen LogP contribution in [0.4, 0.5) is 0 Å². The zero-order valence-corrected chi connectivity index (χ0v) is 12.3. The van der Waals surface area contributed by atoms with Crippen molar-refractivity contribution < 1.29 is 4.79 Å². The number of aromatic nitrogens is 1. The molecule has 1 amide bonds. The second-order valence-corrected chi connectivity index (χ2v) is 5.77. The lowest BCUT2D eigenvalue weighted by atomic mass is 10.1. The molecule has 0 spiro atoms. The minimum atomic E-state index is -0.0530. The van der Waals surface area contributed by atoms with Crippen molar-refractivity contribution in [2.45, 2.75) is 33.2 Å². The van der Waals surface area contributed by atoms with E-state index in [1.54, 1.807) is 11.3 Å². The first-order chi connectivity index (χ1) is 9.06. The molecule has 100 valence electrons. The lowest BCUT2D eigenvalue weighted by Gasteiger charge is -2.04. The molecule has 19 heavy (non-hydrogen) atoms. The maximum Gasteiger partial charge on any atom is 0.251 e. The van der Waals surface area contributed by atoms with Gasteiger partial charge in [-0.15, -0.1) is 11.3 Å². The van der Waals surface area contributed by atoms with Crippen molar-refractivity contribution in [1.82, 2.24) is 10.3 Å². The fourth-order valence-corrected chi connectivity index (χ4v) is 2.56. The Kier molecular flexibility index (Phi) is 4.32. The summed E-state index contributed by atoms with van der Waals surface area (Å²) in [6, 6.07) is 7.58. The van der Waals surface area contributed by atoms with E-state index in [-0.39, 0.29) is 5.91 Å². The lowest BCUT2D eigenvalue weighted by molar-refractivity contribution is 0.0950. The van der Waals surface area contributed by atoms with Gasteiger partial charge < -0.3 is 5.32 Å². The summed E-state index contributed by atoms with van der Waals surface area (Å²) in [6.45, 7) is 6.70. The van der Waals surface area contributed by atoms with Crippen molar-refractivity contribution in [2.75, 3.05) is 0 Å². The molecule has 0 aliphatic heterocycles. The number of nitrogens with zero attached hydrogens (tertiary/aromatic N) is 1. The molecule has 0 bridgehead atoms. The van der Waals surface area contributed by atoms with E-state index in [9.17, 15) is 4.79 Å². The first-order valence-electron chi connectivity index (χ1n) is 6.35. The van der Waals surface area contributed by atoms with E-state index in [4.69, 9.17) is 0 Å². The summed E-state index contributed by atoms with van der Waals surface area (Å²) < 4.78 is 0. The molecule has 0 saturated heterocycles. The third kappa shape index (κ3) is 3.64. The Labute approximate surface area is 117 Å². The van der Waals surface area contributed by atoms with Crippen LogP contribution in [0, 0.1) is 6.92 Å². The van der Waals surface area contributed by atoms with Gasteiger partial charge in [-0.25, -0.2) is 4.98 Å². The molecular formula is C15H18N2OS. The number of carbonyl (C=O) groups excluding carboxylic acids is 1. The van der Waals surface area contributed by atoms with E-state index in [2.05, 4.69) is 24.1 Å². The minimum absolute atomic E-state index is 0.0530. The van der Waals surface area contributed by atoms with Gasteiger partial charge in [0, 0.05) is 16.9 Å². The van der Waals surface area contributed by atoms with Gasteiger partial charge in [0.05, 0.1) is 17.2 Å². The first-order valence-corrected chi connectivity index (χ1v) is 7.23. The van der Waals surface area contributed by atoms with Crippen LogP contribution < -0.4 is 5.32 Å².